The van der Waals surface area contributed by atoms with E-state index in [1.807, 2.05) is 24.3 Å². The Bertz CT molecular complexity index is 466. The van der Waals surface area contributed by atoms with Crippen LogP contribution in [0.4, 0.5) is 5.69 Å². The molecule has 1 heterocycles. The number of nitrogens with one attached hydrogen (secondary N) is 1. The number of primary amides is 1. The first-order valence-electron chi connectivity index (χ1n) is 6.76. The van der Waals surface area contributed by atoms with Gasteiger partial charge < -0.3 is 15.8 Å². The molecule has 3 N–H and O–H groups in total. The van der Waals surface area contributed by atoms with Crippen LogP contribution in [0, 0.1) is 0 Å². The lowest BCUT2D eigenvalue weighted by atomic mass is 10.1. The second-order valence-electron chi connectivity index (χ2n) is 4.86. The minimum Gasteiger partial charge on any atom is -0.493 e. The van der Waals surface area contributed by atoms with E-state index in [9.17, 15) is 9.00 Å². The smallest absolute Gasteiger partial charge is 0.220 e. The first-order valence-corrected chi connectivity index (χ1v) is 8.25. The average molecular weight is 296 g/mol. The summed E-state index contributed by atoms with van der Waals surface area (Å²) in [4.78, 5) is 10.6. The topological polar surface area (TPSA) is 81.4 Å². The van der Waals surface area contributed by atoms with Crippen LogP contribution in [0.15, 0.2) is 24.3 Å². The van der Waals surface area contributed by atoms with Crippen molar-refractivity contribution in [2.75, 3.05) is 23.4 Å². The monoisotopic (exact) mass is 296 g/mol. The predicted molar refractivity (Wildman–Crippen MR) is 80.3 cm³/mol. The van der Waals surface area contributed by atoms with E-state index in [1.54, 1.807) is 0 Å². The summed E-state index contributed by atoms with van der Waals surface area (Å²) in [6.07, 6.45) is 2.12. The molecule has 1 amide bonds. The summed E-state index contributed by atoms with van der Waals surface area (Å²) in [6.45, 7) is 0.302. The van der Waals surface area contributed by atoms with E-state index in [1.165, 1.54) is 0 Å². The molecule has 20 heavy (non-hydrogen) atoms. The standard InChI is InChI=1S/C14H20N2O3S/c15-14(17)5-8-19-13-3-1-11(2-4-13)16-12-6-9-20(18)10-7-12/h1-4,12,16H,5-10H2,(H2,15,17). The summed E-state index contributed by atoms with van der Waals surface area (Å²) in [5.74, 6) is 1.93. The van der Waals surface area contributed by atoms with E-state index in [-0.39, 0.29) is 12.3 Å². The number of benzene rings is 1. The fourth-order valence-corrected chi connectivity index (χ4v) is 3.39. The van der Waals surface area contributed by atoms with Gasteiger partial charge in [-0.1, -0.05) is 0 Å². The molecule has 0 atom stereocenters. The van der Waals surface area contributed by atoms with Crippen LogP contribution in [-0.4, -0.2) is 34.3 Å². The van der Waals surface area contributed by atoms with Gasteiger partial charge in [0.1, 0.15) is 5.75 Å². The Morgan fingerprint density at radius 3 is 2.55 bits per heavy atom. The van der Waals surface area contributed by atoms with Gasteiger partial charge in [-0.05, 0) is 37.1 Å². The Kier molecular flexibility index (Phi) is 5.40. The van der Waals surface area contributed by atoms with Crippen LogP contribution >= 0.6 is 0 Å². The van der Waals surface area contributed by atoms with E-state index < -0.39 is 10.8 Å². The zero-order valence-electron chi connectivity index (χ0n) is 11.3. The number of amides is 1. The molecule has 1 fully saturated rings. The Morgan fingerprint density at radius 2 is 1.95 bits per heavy atom. The zero-order valence-corrected chi connectivity index (χ0v) is 12.2. The number of carbonyl (C=O) groups is 1. The molecule has 0 radical (unpaired) electrons. The zero-order chi connectivity index (χ0) is 14.4. The molecule has 0 unspecified atom stereocenters. The highest BCUT2D eigenvalue weighted by Crippen LogP contribution is 2.19. The third kappa shape index (κ3) is 4.85. The van der Waals surface area contributed by atoms with Crippen molar-refractivity contribution in [3.63, 3.8) is 0 Å². The number of hydrogen-bond donors (Lipinski definition) is 2. The molecule has 0 aromatic heterocycles. The van der Waals surface area contributed by atoms with E-state index in [0.717, 1.165) is 35.8 Å². The van der Waals surface area contributed by atoms with Crippen LogP contribution in [0.1, 0.15) is 19.3 Å². The number of rotatable bonds is 6. The molecular formula is C14H20N2O3S. The lowest BCUT2D eigenvalue weighted by Crippen LogP contribution is -2.29. The molecule has 110 valence electrons. The summed E-state index contributed by atoms with van der Waals surface area (Å²) >= 11 is 0. The summed E-state index contributed by atoms with van der Waals surface area (Å²) in [5.41, 5.74) is 6.08. The third-order valence-corrected chi connectivity index (χ3v) is 4.61. The van der Waals surface area contributed by atoms with Gasteiger partial charge in [-0.25, -0.2) is 0 Å². The minimum atomic E-state index is -0.628. The summed E-state index contributed by atoms with van der Waals surface area (Å²) in [7, 11) is -0.628. The van der Waals surface area contributed by atoms with Gasteiger partial charge >= 0.3 is 0 Å². The highest BCUT2D eigenvalue weighted by molar-refractivity contribution is 7.85. The highest BCUT2D eigenvalue weighted by atomic mass is 32.2. The van der Waals surface area contributed by atoms with Gasteiger partial charge in [0.15, 0.2) is 0 Å². The van der Waals surface area contributed by atoms with Crippen LogP contribution < -0.4 is 15.8 Å². The van der Waals surface area contributed by atoms with Gasteiger partial charge in [0.25, 0.3) is 0 Å². The van der Waals surface area contributed by atoms with Gasteiger partial charge in [0.2, 0.25) is 5.91 Å². The van der Waals surface area contributed by atoms with E-state index in [4.69, 9.17) is 10.5 Å². The van der Waals surface area contributed by atoms with Crippen molar-refractivity contribution in [3.05, 3.63) is 24.3 Å². The summed E-state index contributed by atoms with van der Waals surface area (Å²) < 4.78 is 16.7. The normalized spacial score (nSPS) is 22.2. The Morgan fingerprint density at radius 1 is 1.30 bits per heavy atom. The molecule has 0 aliphatic carbocycles. The highest BCUT2D eigenvalue weighted by Gasteiger charge is 2.17. The van der Waals surface area contributed by atoms with E-state index >= 15 is 0 Å². The summed E-state index contributed by atoms with van der Waals surface area (Å²) in [5, 5.41) is 3.44. The number of nitrogens with two attached hydrogens (primary N) is 1. The third-order valence-electron chi connectivity index (χ3n) is 3.23. The molecule has 1 saturated heterocycles. The maximum absolute atomic E-state index is 11.3. The molecule has 2 rings (SSSR count). The second kappa shape index (κ2) is 7.28. The largest absolute Gasteiger partial charge is 0.493 e. The van der Waals surface area contributed by atoms with Gasteiger partial charge in [0.05, 0.1) is 13.0 Å². The SMILES string of the molecule is NC(=O)CCOc1ccc(NC2CCS(=O)CC2)cc1. The van der Waals surface area contributed by atoms with Gasteiger partial charge in [-0.15, -0.1) is 0 Å². The average Bonchev–Trinajstić information content (AvgIpc) is 2.43. The van der Waals surface area contributed by atoms with Crippen LogP contribution in [-0.2, 0) is 15.6 Å². The first-order chi connectivity index (χ1) is 9.63. The number of anilines is 1. The fraction of sp³-hybridized carbons (Fsp3) is 0.500. The van der Waals surface area contributed by atoms with Crippen molar-refractivity contribution >= 4 is 22.4 Å². The van der Waals surface area contributed by atoms with E-state index in [2.05, 4.69) is 5.32 Å². The second-order valence-corrected chi connectivity index (χ2v) is 6.55. The predicted octanol–water partition coefficient (Wildman–Crippen LogP) is 1.26. The molecule has 0 spiro atoms. The Balaban J connectivity index is 1.79. The van der Waals surface area contributed by atoms with Crippen molar-refractivity contribution in [1.29, 1.82) is 0 Å². The molecule has 0 bridgehead atoms. The van der Waals surface area contributed by atoms with Crippen LogP contribution in [0.3, 0.4) is 0 Å². The Hall–Kier alpha value is -1.56. The first kappa shape index (κ1) is 14.8. The van der Waals surface area contributed by atoms with Crippen molar-refractivity contribution in [2.45, 2.75) is 25.3 Å². The molecule has 1 aliphatic rings. The van der Waals surface area contributed by atoms with Crippen molar-refractivity contribution in [2.24, 2.45) is 5.73 Å². The number of ether oxygens (including phenoxy) is 1. The minimum absolute atomic E-state index is 0.221. The summed E-state index contributed by atoms with van der Waals surface area (Å²) in [6, 6.07) is 8.03. The Labute approximate surface area is 121 Å². The quantitative estimate of drug-likeness (QED) is 0.828. The van der Waals surface area contributed by atoms with Crippen LogP contribution in [0.5, 0.6) is 5.75 Å². The van der Waals surface area contributed by atoms with Crippen LogP contribution in [0.2, 0.25) is 0 Å². The number of carbonyl (C=O) groups excluding carboxylic acids is 1. The van der Waals surface area contributed by atoms with Crippen molar-refractivity contribution < 1.29 is 13.7 Å². The lowest BCUT2D eigenvalue weighted by molar-refractivity contribution is -0.118. The molecule has 1 aliphatic heterocycles. The molecular weight excluding hydrogens is 276 g/mol. The fourth-order valence-electron chi connectivity index (χ4n) is 2.09. The lowest BCUT2D eigenvalue weighted by Gasteiger charge is -2.23. The maximum Gasteiger partial charge on any atom is 0.220 e. The molecule has 1 aromatic rings. The van der Waals surface area contributed by atoms with Gasteiger partial charge in [-0.3, -0.25) is 9.00 Å². The molecule has 6 heteroatoms. The van der Waals surface area contributed by atoms with Gasteiger partial charge in [0, 0.05) is 34.0 Å². The molecule has 0 saturated carbocycles. The van der Waals surface area contributed by atoms with E-state index in [0.29, 0.717) is 12.6 Å². The number of hydrogen-bond acceptors (Lipinski definition) is 4. The molecule has 5 nitrogen and oxygen atoms in total. The van der Waals surface area contributed by atoms with Crippen LogP contribution in [0.25, 0.3) is 0 Å². The van der Waals surface area contributed by atoms with Crippen molar-refractivity contribution in [3.8, 4) is 5.75 Å². The molecule has 1 aromatic carbocycles. The van der Waals surface area contributed by atoms with Gasteiger partial charge in [-0.2, -0.15) is 0 Å². The van der Waals surface area contributed by atoms with Crippen molar-refractivity contribution in [1.82, 2.24) is 0 Å². The maximum atomic E-state index is 11.3.